The minimum atomic E-state index is -0.967. The Labute approximate surface area is 122 Å². The first-order valence-electron chi connectivity index (χ1n) is 7.03. The molecule has 3 atom stereocenters. The maximum absolute atomic E-state index is 12.2. The van der Waals surface area contributed by atoms with Gasteiger partial charge in [0.1, 0.15) is 12.6 Å². The fourth-order valence-corrected chi connectivity index (χ4v) is 3.15. The van der Waals surface area contributed by atoms with E-state index in [0.717, 1.165) is 12.0 Å². The molecule has 2 aliphatic rings. The van der Waals surface area contributed by atoms with Crippen LogP contribution in [0.2, 0.25) is 0 Å². The Morgan fingerprint density at radius 3 is 2.76 bits per heavy atom. The van der Waals surface area contributed by atoms with Crippen LogP contribution in [0.5, 0.6) is 0 Å². The molecule has 5 nitrogen and oxygen atoms in total. The summed E-state index contributed by atoms with van der Waals surface area (Å²) in [4.78, 5) is 25.0. The molecule has 1 amide bonds. The average Bonchev–Trinajstić information content (AvgIpc) is 3.05. The van der Waals surface area contributed by atoms with Gasteiger partial charge in [-0.15, -0.1) is 0 Å². The van der Waals surface area contributed by atoms with Crippen molar-refractivity contribution >= 4 is 12.1 Å². The van der Waals surface area contributed by atoms with Crippen molar-refractivity contribution in [2.75, 3.05) is 6.54 Å². The number of ether oxygens (including phenoxy) is 1. The second-order valence-corrected chi connectivity index (χ2v) is 5.48. The van der Waals surface area contributed by atoms with Crippen LogP contribution in [0, 0.1) is 11.8 Å². The monoisotopic (exact) mass is 287 g/mol. The van der Waals surface area contributed by atoms with Gasteiger partial charge in [-0.2, -0.15) is 0 Å². The van der Waals surface area contributed by atoms with E-state index < -0.39 is 18.1 Å². The third-order valence-corrected chi connectivity index (χ3v) is 4.17. The molecule has 1 heterocycles. The predicted molar refractivity (Wildman–Crippen MR) is 75.5 cm³/mol. The summed E-state index contributed by atoms with van der Waals surface area (Å²) < 4.78 is 5.26. The van der Waals surface area contributed by atoms with Crippen LogP contribution in [-0.4, -0.2) is 34.7 Å². The molecule has 1 aromatic rings. The zero-order chi connectivity index (χ0) is 14.8. The molecule has 1 N–H and O–H groups in total. The normalized spacial score (nSPS) is 26.7. The van der Waals surface area contributed by atoms with Crippen molar-refractivity contribution in [2.24, 2.45) is 11.8 Å². The maximum Gasteiger partial charge on any atom is 0.410 e. The summed E-state index contributed by atoms with van der Waals surface area (Å²) in [6.45, 7) is 0.607. The van der Waals surface area contributed by atoms with Gasteiger partial charge in [-0.1, -0.05) is 42.5 Å². The lowest BCUT2D eigenvalue weighted by atomic mass is 9.94. The molecule has 0 spiro atoms. The highest BCUT2D eigenvalue weighted by Gasteiger charge is 2.48. The van der Waals surface area contributed by atoms with Crippen LogP contribution in [0.15, 0.2) is 42.5 Å². The molecule has 1 aromatic carbocycles. The highest BCUT2D eigenvalue weighted by molar-refractivity contribution is 5.81. The van der Waals surface area contributed by atoms with E-state index in [1.165, 1.54) is 4.90 Å². The Morgan fingerprint density at radius 2 is 2.05 bits per heavy atom. The highest BCUT2D eigenvalue weighted by atomic mass is 16.6. The number of aliphatic carboxylic acids is 1. The summed E-state index contributed by atoms with van der Waals surface area (Å²) in [5.41, 5.74) is 0.886. The second kappa shape index (κ2) is 5.60. The molecule has 0 bridgehead atoms. The zero-order valence-corrected chi connectivity index (χ0v) is 11.5. The largest absolute Gasteiger partial charge is 0.480 e. The average molecular weight is 287 g/mol. The number of nitrogens with zero attached hydrogens (tertiary/aromatic N) is 1. The van der Waals surface area contributed by atoms with Gasteiger partial charge in [0.05, 0.1) is 0 Å². The lowest BCUT2D eigenvalue weighted by Crippen LogP contribution is -2.43. The topological polar surface area (TPSA) is 66.8 Å². The molecule has 1 aliphatic heterocycles. The van der Waals surface area contributed by atoms with Crippen molar-refractivity contribution in [3.8, 4) is 0 Å². The second-order valence-electron chi connectivity index (χ2n) is 5.48. The molecule has 0 unspecified atom stereocenters. The Hall–Kier alpha value is -2.30. The fraction of sp³-hybridized carbons (Fsp3) is 0.375. The lowest BCUT2D eigenvalue weighted by Gasteiger charge is -2.22. The number of likely N-dealkylation sites (tertiary alicyclic amines) is 1. The van der Waals surface area contributed by atoms with Crippen molar-refractivity contribution in [1.29, 1.82) is 0 Å². The Balaban J connectivity index is 1.66. The van der Waals surface area contributed by atoms with Crippen LogP contribution in [0.1, 0.15) is 12.0 Å². The first-order valence-corrected chi connectivity index (χ1v) is 7.03. The number of carboxylic acids is 1. The summed E-state index contributed by atoms with van der Waals surface area (Å²) in [6, 6.07) is 8.55. The molecule has 1 fully saturated rings. The van der Waals surface area contributed by atoms with E-state index in [-0.39, 0.29) is 18.4 Å². The molecule has 5 heteroatoms. The number of hydrogen-bond acceptors (Lipinski definition) is 3. The van der Waals surface area contributed by atoms with E-state index in [1.807, 2.05) is 42.5 Å². The lowest BCUT2D eigenvalue weighted by molar-refractivity contribution is -0.142. The summed E-state index contributed by atoms with van der Waals surface area (Å²) in [5, 5.41) is 9.38. The summed E-state index contributed by atoms with van der Waals surface area (Å²) in [6.07, 6.45) is 4.19. The van der Waals surface area contributed by atoms with Crippen LogP contribution in [0.4, 0.5) is 4.79 Å². The third-order valence-electron chi connectivity index (χ3n) is 4.17. The third kappa shape index (κ3) is 2.63. The number of fused-ring (bicyclic) bond motifs is 1. The van der Waals surface area contributed by atoms with E-state index >= 15 is 0 Å². The molecule has 0 radical (unpaired) electrons. The molecular formula is C16H17NO4. The first-order chi connectivity index (χ1) is 10.2. The van der Waals surface area contributed by atoms with Crippen molar-refractivity contribution in [3.05, 3.63) is 48.0 Å². The van der Waals surface area contributed by atoms with Gasteiger partial charge >= 0.3 is 12.1 Å². The van der Waals surface area contributed by atoms with Crippen molar-refractivity contribution in [3.63, 3.8) is 0 Å². The van der Waals surface area contributed by atoms with Gasteiger partial charge in [-0.25, -0.2) is 9.59 Å². The highest BCUT2D eigenvalue weighted by Crippen LogP contribution is 2.38. The Bertz CT molecular complexity index is 569. The number of allylic oxidation sites excluding steroid dienone is 1. The number of carboxylic acid groups (broad SMARTS) is 1. The smallest absolute Gasteiger partial charge is 0.410 e. The molecule has 110 valence electrons. The molecule has 1 saturated heterocycles. The Kier molecular flexibility index (Phi) is 3.64. The number of carbonyl (C=O) groups is 2. The SMILES string of the molecule is O=C(O)[C@@H]1[C@@H]2C=CC[C@H]2CN1C(=O)OCc1ccccc1. The van der Waals surface area contributed by atoms with Crippen molar-refractivity contribution < 1.29 is 19.4 Å². The van der Waals surface area contributed by atoms with E-state index in [1.54, 1.807) is 0 Å². The summed E-state index contributed by atoms with van der Waals surface area (Å²) >= 11 is 0. The number of benzene rings is 1. The van der Waals surface area contributed by atoms with E-state index in [2.05, 4.69) is 0 Å². The number of rotatable bonds is 3. The molecule has 1 aliphatic carbocycles. The minimum absolute atomic E-state index is 0.0909. The molecule has 21 heavy (non-hydrogen) atoms. The predicted octanol–water partition coefficient (Wildman–Crippen LogP) is 2.28. The van der Waals surface area contributed by atoms with E-state index in [9.17, 15) is 14.7 Å². The fourth-order valence-electron chi connectivity index (χ4n) is 3.15. The van der Waals surface area contributed by atoms with Crippen LogP contribution >= 0.6 is 0 Å². The van der Waals surface area contributed by atoms with Crippen LogP contribution in [0.3, 0.4) is 0 Å². The van der Waals surface area contributed by atoms with Crippen LogP contribution in [0.25, 0.3) is 0 Å². The van der Waals surface area contributed by atoms with Crippen LogP contribution in [-0.2, 0) is 16.1 Å². The minimum Gasteiger partial charge on any atom is -0.480 e. The van der Waals surface area contributed by atoms with Gasteiger partial charge in [-0.05, 0) is 17.9 Å². The van der Waals surface area contributed by atoms with E-state index in [4.69, 9.17) is 4.74 Å². The molecular weight excluding hydrogens is 270 g/mol. The van der Waals surface area contributed by atoms with Gasteiger partial charge in [-0.3, -0.25) is 4.90 Å². The van der Waals surface area contributed by atoms with Crippen LogP contribution < -0.4 is 0 Å². The molecule has 0 aromatic heterocycles. The quantitative estimate of drug-likeness (QED) is 0.866. The maximum atomic E-state index is 12.2. The Morgan fingerprint density at radius 1 is 1.29 bits per heavy atom. The number of amides is 1. The number of carbonyl (C=O) groups excluding carboxylic acids is 1. The summed E-state index contributed by atoms with van der Waals surface area (Å²) in [7, 11) is 0. The summed E-state index contributed by atoms with van der Waals surface area (Å²) in [5.74, 6) is -0.854. The van der Waals surface area contributed by atoms with E-state index in [0.29, 0.717) is 6.54 Å². The van der Waals surface area contributed by atoms with Crippen molar-refractivity contribution in [2.45, 2.75) is 19.1 Å². The van der Waals surface area contributed by atoms with Gasteiger partial charge in [0.25, 0.3) is 0 Å². The molecule has 3 rings (SSSR count). The van der Waals surface area contributed by atoms with Gasteiger partial charge < -0.3 is 9.84 Å². The standard InChI is InChI=1S/C16H17NO4/c18-15(19)14-13-8-4-7-12(13)9-17(14)16(20)21-10-11-5-2-1-3-6-11/h1-6,8,12-14H,7,9-10H2,(H,18,19)/t12-,13+,14-/m0/s1. The molecule has 0 saturated carbocycles. The first kappa shape index (κ1) is 13.7. The van der Waals surface area contributed by atoms with Gasteiger partial charge in [0.15, 0.2) is 0 Å². The van der Waals surface area contributed by atoms with Crippen molar-refractivity contribution in [1.82, 2.24) is 4.90 Å². The van der Waals surface area contributed by atoms with Gasteiger partial charge in [0, 0.05) is 12.5 Å². The zero-order valence-electron chi connectivity index (χ0n) is 11.5. The number of hydrogen-bond donors (Lipinski definition) is 1. The van der Waals surface area contributed by atoms with Gasteiger partial charge in [0.2, 0.25) is 0 Å².